The van der Waals surface area contributed by atoms with Gasteiger partial charge in [-0.25, -0.2) is 5.84 Å². The third-order valence-electron chi connectivity index (χ3n) is 1.93. The first kappa shape index (κ1) is 11.5. The van der Waals surface area contributed by atoms with Gasteiger partial charge in [0.2, 0.25) is 0 Å². The van der Waals surface area contributed by atoms with E-state index >= 15 is 0 Å². The molecule has 1 aromatic rings. The van der Waals surface area contributed by atoms with Crippen molar-refractivity contribution in [2.45, 2.75) is 11.4 Å². The van der Waals surface area contributed by atoms with E-state index < -0.39 is 0 Å². The van der Waals surface area contributed by atoms with Crippen LogP contribution in [0.4, 0.5) is 0 Å². The van der Waals surface area contributed by atoms with Crippen LogP contribution in [0.3, 0.4) is 0 Å². The van der Waals surface area contributed by atoms with E-state index in [2.05, 4.69) is 22.6 Å². The molecule has 0 spiro atoms. The zero-order chi connectivity index (χ0) is 10.6. The number of alkyl halides is 1. The van der Waals surface area contributed by atoms with Gasteiger partial charge in [-0.3, -0.25) is 9.80 Å². The molecule has 4 heteroatoms. The molecule has 0 fully saturated rings. The van der Waals surface area contributed by atoms with Crippen LogP contribution in [-0.4, -0.2) is 17.5 Å². The van der Waals surface area contributed by atoms with Gasteiger partial charge < -0.3 is 0 Å². The van der Waals surface area contributed by atoms with Gasteiger partial charge in [-0.05, 0) is 24.6 Å². The molecular weight excluding hydrogens is 291 g/mol. The van der Waals surface area contributed by atoms with Crippen LogP contribution in [-0.2, 0) is 4.43 Å². The molecule has 2 N–H and O–H groups in total. The second kappa shape index (κ2) is 5.31. The molecule has 3 nitrogen and oxygen atoms in total. The fourth-order valence-corrected chi connectivity index (χ4v) is 1.57. The summed E-state index contributed by atoms with van der Waals surface area (Å²) in [6.07, 6.45) is 0. The Kier molecular flexibility index (Phi) is 4.34. The summed E-state index contributed by atoms with van der Waals surface area (Å²) in [7, 11) is 0. The Morgan fingerprint density at radius 2 is 2.29 bits per heavy atom. The van der Waals surface area contributed by atoms with Gasteiger partial charge in [0.05, 0.1) is 0 Å². The van der Waals surface area contributed by atoms with Crippen molar-refractivity contribution in [2.75, 3.05) is 6.54 Å². The van der Waals surface area contributed by atoms with Crippen molar-refractivity contribution in [1.29, 1.82) is 0 Å². The molecule has 0 radical (unpaired) electrons. The van der Waals surface area contributed by atoms with Gasteiger partial charge in [0.1, 0.15) is 0 Å². The van der Waals surface area contributed by atoms with Gasteiger partial charge in [0.15, 0.2) is 0 Å². The number of carbonyl (C=O) groups excluding carboxylic acids is 1. The molecule has 0 saturated heterocycles. The molecule has 1 amide bonds. The number of hydrazine groups is 1. The summed E-state index contributed by atoms with van der Waals surface area (Å²) >= 11 is 2.26. The van der Waals surface area contributed by atoms with Gasteiger partial charge in [-0.1, -0.05) is 34.7 Å². The number of rotatable bonds is 3. The van der Waals surface area contributed by atoms with Crippen molar-refractivity contribution < 1.29 is 4.79 Å². The lowest BCUT2D eigenvalue weighted by molar-refractivity contribution is 0.0764. The Bertz CT molecular complexity index is 328. The van der Waals surface area contributed by atoms with E-state index in [9.17, 15) is 4.79 Å². The average Bonchev–Trinajstić information content (AvgIpc) is 2.27. The smallest absolute Gasteiger partial charge is 0.267 e. The van der Waals surface area contributed by atoms with Crippen molar-refractivity contribution in [3.05, 3.63) is 35.4 Å². The van der Waals surface area contributed by atoms with Crippen LogP contribution in [0.15, 0.2) is 24.3 Å². The molecule has 1 rings (SSSR count). The maximum atomic E-state index is 11.6. The van der Waals surface area contributed by atoms with Crippen molar-refractivity contribution >= 4 is 28.5 Å². The summed E-state index contributed by atoms with van der Waals surface area (Å²) in [6.45, 7) is 2.37. The molecule has 0 aromatic heterocycles. The standard InChI is InChI=1S/C10H13IN2O/c1-2-13(12)10(14)9-5-3-4-8(6-9)7-11/h3-6H,2,7,12H2,1H3. The maximum Gasteiger partial charge on any atom is 0.267 e. The molecule has 0 heterocycles. The van der Waals surface area contributed by atoms with E-state index in [0.29, 0.717) is 12.1 Å². The molecule has 0 aliphatic rings. The van der Waals surface area contributed by atoms with E-state index in [1.165, 1.54) is 5.01 Å². The van der Waals surface area contributed by atoms with Crippen molar-refractivity contribution in [2.24, 2.45) is 5.84 Å². The van der Waals surface area contributed by atoms with E-state index in [4.69, 9.17) is 5.84 Å². The van der Waals surface area contributed by atoms with Crippen LogP contribution in [0.5, 0.6) is 0 Å². The van der Waals surface area contributed by atoms with E-state index in [1.807, 2.05) is 25.1 Å². The third-order valence-corrected chi connectivity index (χ3v) is 2.81. The molecule has 0 aliphatic heterocycles. The Labute approximate surface area is 97.4 Å². The van der Waals surface area contributed by atoms with Crippen LogP contribution < -0.4 is 5.84 Å². The minimum atomic E-state index is -0.126. The summed E-state index contributed by atoms with van der Waals surface area (Å²) in [4.78, 5) is 11.6. The molecule has 0 unspecified atom stereocenters. The zero-order valence-electron chi connectivity index (χ0n) is 8.03. The average molecular weight is 304 g/mol. The highest BCUT2D eigenvalue weighted by molar-refractivity contribution is 14.1. The highest BCUT2D eigenvalue weighted by atomic mass is 127. The minimum absolute atomic E-state index is 0.126. The van der Waals surface area contributed by atoms with Gasteiger partial charge >= 0.3 is 0 Å². The lowest BCUT2D eigenvalue weighted by atomic mass is 10.1. The topological polar surface area (TPSA) is 46.3 Å². The van der Waals surface area contributed by atoms with Crippen LogP contribution in [0.2, 0.25) is 0 Å². The summed E-state index contributed by atoms with van der Waals surface area (Å²) in [5.41, 5.74) is 1.80. The number of nitrogens with two attached hydrogens (primary N) is 1. The monoisotopic (exact) mass is 304 g/mol. The lowest BCUT2D eigenvalue weighted by Gasteiger charge is -2.14. The first-order valence-electron chi connectivity index (χ1n) is 4.40. The Morgan fingerprint density at radius 1 is 1.57 bits per heavy atom. The van der Waals surface area contributed by atoms with Crippen LogP contribution in [0, 0.1) is 0 Å². The van der Waals surface area contributed by atoms with Crippen molar-refractivity contribution in [1.82, 2.24) is 5.01 Å². The largest absolute Gasteiger partial charge is 0.277 e. The molecule has 0 aliphatic carbocycles. The SMILES string of the molecule is CCN(N)C(=O)c1cccc(CI)c1. The number of hydrogen-bond acceptors (Lipinski definition) is 2. The minimum Gasteiger partial charge on any atom is -0.277 e. The predicted molar refractivity (Wildman–Crippen MR) is 65.1 cm³/mol. The molecule has 76 valence electrons. The quantitative estimate of drug-likeness (QED) is 0.305. The van der Waals surface area contributed by atoms with Gasteiger partial charge in [0, 0.05) is 16.5 Å². The number of benzene rings is 1. The van der Waals surface area contributed by atoms with Crippen LogP contribution >= 0.6 is 22.6 Å². The lowest BCUT2D eigenvalue weighted by Crippen LogP contribution is -2.37. The number of hydrogen-bond donors (Lipinski definition) is 1. The number of carbonyl (C=O) groups is 1. The van der Waals surface area contributed by atoms with E-state index in [1.54, 1.807) is 6.07 Å². The molecule has 0 bridgehead atoms. The van der Waals surface area contributed by atoms with E-state index in [-0.39, 0.29) is 5.91 Å². The fourth-order valence-electron chi connectivity index (χ4n) is 1.10. The van der Waals surface area contributed by atoms with Crippen molar-refractivity contribution in [3.63, 3.8) is 0 Å². The predicted octanol–water partition coefficient (Wildman–Crippen LogP) is 1.96. The van der Waals surface area contributed by atoms with Crippen LogP contribution in [0.25, 0.3) is 0 Å². The Morgan fingerprint density at radius 3 is 2.86 bits per heavy atom. The number of halogens is 1. The third kappa shape index (κ3) is 2.68. The molecule has 0 saturated carbocycles. The first-order chi connectivity index (χ1) is 6.69. The van der Waals surface area contributed by atoms with Gasteiger partial charge in [-0.2, -0.15) is 0 Å². The fraction of sp³-hybridized carbons (Fsp3) is 0.300. The second-order valence-electron chi connectivity index (χ2n) is 2.93. The maximum absolute atomic E-state index is 11.6. The molecule has 1 aromatic carbocycles. The summed E-state index contributed by atoms with van der Waals surface area (Å²) in [5.74, 6) is 5.40. The van der Waals surface area contributed by atoms with Gasteiger partial charge in [-0.15, -0.1) is 0 Å². The molecule has 14 heavy (non-hydrogen) atoms. The Hall–Kier alpha value is -0.620. The van der Waals surface area contributed by atoms with Crippen LogP contribution in [0.1, 0.15) is 22.8 Å². The first-order valence-corrected chi connectivity index (χ1v) is 5.93. The number of nitrogens with zero attached hydrogens (tertiary/aromatic N) is 1. The normalized spacial score (nSPS) is 9.93. The van der Waals surface area contributed by atoms with Gasteiger partial charge in [0.25, 0.3) is 5.91 Å². The summed E-state index contributed by atoms with van der Waals surface area (Å²) < 4.78 is 0.898. The zero-order valence-corrected chi connectivity index (χ0v) is 10.2. The van der Waals surface area contributed by atoms with E-state index in [0.717, 1.165) is 9.99 Å². The number of amides is 1. The molecular formula is C10H13IN2O. The highest BCUT2D eigenvalue weighted by Crippen LogP contribution is 2.10. The highest BCUT2D eigenvalue weighted by Gasteiger charge is 2.10. The Balaban J connectivity index is 2.90. The molecule has 0 atom stereocenters. The summed E-state index contributed by atoms with van der Waals surface area (Å²) in [6, 6.07) is 7.54. The van der Waals surface area contributed by atoms with Crippen molar-refractivity contribution in [3.8, 4) is 0 Å². The second-order valence-corrected chi connectivity index (χ2v) is 3.69. The summed E-state index contributed by atoms with van der Waals surface area (Å²) in [5, 5.41) is 1.21.